The van der Waals surface area contributed by atoms with Crippen LogP contribution in [-0.2, 0) is 0 Å². The van der Waals surface area contributed by atoms with Crippen LogP contribution in [0.2, 0.25) is 0 Å². The maximum Gasteiger partial charge on any atom is -0.0109 e. The van der Waals surface area contributed by atoms with Crippen molar-refractivity contribution >= 4 is 0 Å². The molecule has 0 heterocycles. The highest BCUT2D eigenvalue weighted by molar-refractivity contribution is 5.35. The molecule has 0 saturated heterocycles. The van der Waals surface area contributed by atoms with Gasteiger partial charge >= 0.3 is 0 Å². The molecule has 5 unspecified atom stereocenters. The van der Waals surface area contributed by atoms with Gasteiger partial charge in [-0.25, -0.2) is 0 Å². The molecule has 0 N–H and O–H groups in total. The number of fused-ring (bicyclic) bond motifs is 5. The predicted molar refractivity (Wildman–Crippen MR) is 168 cm³/mol. The van der Waals surface area contributed by atoms with Gasteiger partial charge in [0.1, 0.15) is 0 Å². The molecule has 0 aromatic carbocycles. The first-order chi connectivity index (χ1) is 17.8. The van der Waals surface area contributed by atoms with Gasteiger partial charge in [0.05, 0.1) is 0 Å². The van der Waals surface area contributed by atoms with E-state index in [1.807, 2.05) is 0 Å². The molecule has 0 bridgehead atoms. The fourth-order valence-electron chi connectivity index (χ4n) is 10.7. The van der Waals surface area contributed by atoms with Crippen molar-refractivity contribution in [2.75, 3.05) is 0 Å². The Morgan fingerprint density at radius 3 is 2.47 bits per heavy atom. The molecule has 0 radical (unpaired) electrons. The topological polar surface area (TPSA) is 0 Å². The molecule has 0 aliphatic heterocycles. The largest absolute Gasteiger partial charge is 0.0776 e. The Bertz CT molecular complexity index is 868. The van der Waals surface area contributed by atoms with E-state index in [1.54, 1.807) is 44.1 Å². The molecule has 4 fully saturated rings. The van der Waals surface area contributed by atoms with Crippen LogP contribution in [0, 0.1) is 58.2 Å². The summed E-state index contributed by atoms with van der Waals surface area (Å²) in [6, 6.07) is 0. The van der Waals surface area contributed by atoms with Crippen LogP contribution in [0.3, 0.4) is 0 Å². The van der Waals surface area contributed by atoms with Crippen molar-refractivity contribution < 1.29 is 0 Å². The monoisotopic (exact) mass is 521 g/mol. The second-order valence-electron chi connectivity index (χ2n) is 15.4. The summed E-state index contributed by atoms with van der Waals surface area (Å²) >= 11 is 0. The van der Waals surface area contributed by atoms with E-state index in [1.165, 1.54) is 56.9 Å². The summed E-state index contributed by atoms with van der Waals surface area (Å²) in [6.07, 6.45) is 31.9. The van der Waals surface area contributed by atoms with E-state index in [9.17, 15) is 0 Å². The minimum Gasteiger partial charge on any atom is -0.0776 e. The van der Waals surface area contributed by atoms with Crippen LogP contribution < -0.4 is 0 Å². The highest BCUT2D eigenvalue weighted by Gasteiger charge is 2.57. The van der Waals surface area contributed by atoms with E-state index in [-0.39, 0.29) is 7.43 Å². The van der Waals surface area contributed by atoms with Crippen LogP contribution in [0.25, 0.3) is 0 Å². The average Bonchev–Trinajstić information content (AvgIpc) is 3.08. The molecule has 9 atom stereocenters. The molecule has 0 heteroatoms. The summed E-state index contributed by atoms with van der Waals surface area (Å²) in [6.45, 7) is 14.9. The van der Waals surface area contributed by atoms with Crippen molar-refractivity contribution in [3.05, 3.63) is 35.5 Å². The lowest BCUT2D eigenvalue weighted by molar-refractivity contribution is -0.0740. The van der Waals surface area contributed by atoms with E-state index in [0.717, 1.165) is 53.8 Å². The Morgan fingerprint density at radius 2 is 1.71 bits per heavy atom. The first-order valence-electron chi connectivity index (χ1n) is 16.8. The Labute approximate surface area is 238 Å². The van der Waals surface area contributed by atoms with Gasteiger partial charge in [-0.1, -0.05) is 105 Å². The summed E-state index contributed by atoms with van der Waals surface area (Å²) in [5, 5.41) is 0. The third kappa shape index (κ3) is 5.81. The highest BCUT2D eigenvalue weighted by Crippen LogP contribution is 2.66. The van der Waals surface area contributed by atoms with Crippen molar-refractivity contribution in [3.63, 3.8) is 0 Å². The SMILES string of the molecule is C.CCCCC1CCC2C(CCC3[C@@H]2CCC2(C)[C@@H]([C@H](C)CC4=CCC=C(C(C)(C)CC)C=C4)CC[C@@H]32)C1. The molecule has 0 spiro atoms. The Hall–Kier alpha value is -0.780. The minimum absolute atomic E-state index is 0. The van der Waals surface area contributed by atoms with Crippen molar-refractivity contribution in [2.24, 2.45) is 58.2 Å². The third-order valence-electron chi connectivity index (χ3n) is 13.2. The van der Waals surface area contributed by atoms with Crippen molar-refractivity contribution in [1.29, 1.82) is 0 Å². The highest BCUT2D eigenvalue weighted by atomic mass is 14.6. The zero-order valence-corrected chi connectivity index (χ0v) is 25.5. The van der Waals surface area contributed by atoms with Gasteiger partial charge in [-0.15, -0.1) is 0 Å². The summed E-state index contributed by atoms with van der Waals surface area (Å²) in [5.74, 6) is 8.15. The molecule has 4 saturated carbocycles. The Kier molecular flexibility index (Phi) is 9.84. The van der Waals surface area contributed by atoms with Crippen molar-refractivity contribution in [2.45, 2.75) is 145 Å². The van der Waals surface area contributed by atoms with Gasteiger partial charge in [0.15, 0.2) is 0 Å². The minimum atomic E-state index is 0. The number of rotatable bonds is 8. The first-order valence-corrected chi connectivity index (χ1v) is 16.8. The standard InChI is InChI=1S/C37H60.CH4/c1-7-9-11-28-15-18-31-29(25-28)16-19-33-32(31)22-23-37(6)34(20-21-35(33)37)26(3)24-27-12-10-13-30(17-14-27)36(4,5)8-2;/h12-14,17,26,28-29,31-35H,7-11,15-16,18-25H2,1-6H3;1H4/t26-,28?,29?,31?,32-,33?,34-,35+,37?;/m1./s1. The molecular weight excluding hydrogens is 456 g/mol. The van der Waals surface area contributed by atoms with Gasteiger partial charge in [-0.05, 0) is 134 Å². The van der Waals surface area contributed by atoms with Gasteiger partial charge in [0.25, 0.3) is 0 Å². The van der Waals surface area contributed by atoms with E-state index in [2.05, 4.69) is 65.8 Å². The lowest BCUT2D eigenvalue weighted by Crippen LogP contribution is -2.49. The maximum absolute atomic E-state index is 2.76. The molecule has 0 amide bonds. The molecule has 5 aliphatic rings. The van der Waals surface area contributed by atoms with E-state index < -0.39 is 0 Å². The molecule has 5 aliphatic carbocycles. The Morgan fingerprint density at radius 1 is 0.921 bits per heavy atom. The number of unbranched alkanes of at least 4 members (excludes halogenated alkanes) is 1. The molecule has 0 aromatic rings. The quantitative estimate of drug-likeness (QED) is 0.298. The second-order valence-corrected chi connectivity index (χ2v) is 15.4. The van der Waals surface area contributed by atoms with Crippen LogP contribution in [0.5, 0.6) is 0 Å². The van der Waals surface area contributed by atoms with Crippen molar-refractivity contribution in [3.8, 4) is 0 Å². The molecule has 38 heavy (non-hydrogen) atoms. The van der Waals surface area contributed by atoms with Gasteiger partial charge in [0.2, 0.25) is 0 Å². The van der Waals surface area contributed by atoms with Gasteiger partial charge in [0, 0.05) is 0 Å². The predicted octanol–water partition coefficient (Wildman–Crippen LogP) is 12.0. The lowest BCUT2D eigenvalue weighted by atomic mass is 9.48. The number of hydrogen-bond acceptors (Lipinski definition) is 0. The second kappa shape index (κ2) is 12.4. The fraction of sp³-hybridized carbons (Fsp3) is 0.842. The fourth-order valence-corrected chi connectivity index (χ4v) is 10.7. The van der Waals surface area contributed by atoms with Crippen LogP contribution in [0.4, 0.5) is 0 Å². The van der Waals surface area contributed by atoms with Crippen LogP contribution in [0.15, 0.2) is 35.5 Å². The molecule has 0 aromatic heterocycles. The summed E-state index contributed by atoms with van der Waals surface area (Å²) in [5.41, 5.74) is 4.04. The lowest BCUT2D eigenvalue weighted by Gasteiger charge is -2.57. The third-order valence-corrected chi connectivity index (χ3v) is 13.2. The first kappa shape index (κ1) is 30.2. The molecule has 0 nitrogen and oxygen atoms in total. The summed E-state index contributed by atoms with van der Waals surface area (Å²) < 4.78 is 0. The Balaban J connectivity index is 0.00000336. The normalized spacial score (nSPS) is 39.6. The zero-order chi connectivity index (χ0) is 26.2. The van der Waals surface area contributed by atoms with E-state index >= 15 is 0 Å². The van der Waals surface area contributed by atoms with E-state index in [0.29, 0.717) is 10.8 Å². The van der Waals surface area contributed by atoms with Gasteiger partial charge in [-0.2, -0.15) is 0 Å². The molecular formula is C38H64. The van der Waals surface area contributed by atoms with Crippen molar-refractivity contribution in [1.82, 2.24) is 0 Å². The average molecular weight is 521 g/mol. The summed E-state index contributed by atoms with van der Waals surface area (Å²) in [7, 11) is 0. The number of allylic oxidation sites excluding steroid dienone is 6. The van der Waals surface area contributed by atoms with Gasteiger partial charge < -0.3 is 0 Å². The molecule has 216 valence electrons. The van der Waals surface area contributed by atoms with Gasteiger partial charge in [-0.3, -0.25) is 0 Å². The smallest absolute Gasteiger partial charge is 0.0109 e. The van der Waals surface area contributed by atoms with Crippen LogP contribution >= 0.6 is 0 Å². The molecule has 5 rings (SSSR count). The summed E-state index contributed by atoms with van der Waals surface area (Å²) in [4.78, 5) is 0. The zero-order valence-electron chi connectivity index (χ0n) is 25.5. The maximum atomic E-state index is 2.76. The number of hydrogen-bond donors (Lipinski definition) is 0. The van der Waals surface area contributed by atoms with E-state index in [4.69, 9.17) is 0 Å². The van der Waals surface area contributed by atoms with Crippen LogP contribution in [0.1, 0.15) is 145 Å². The van der Waals surface area contributed by atoms with Crippen LogP contribution in [-0.4, -0.2) is 0 Å².